The lowest BCUT2D eigenvalue weighted by molar-refractivity contribution is 0.0564. The monoisotopic (exact) mass is 490 g/mol. The first kappa shape index (κ1) is 29.8. The molecule has 0 fully saturated rings. The van der Waals surface area contributed by atoms with Crippen molar-refractivity contribution < 1.29 is 22.2 Å². The van der Waals surface area contributed by atoms with E-state index in [1.165, 1.54) is 5.56 Å². The molecule has 2 unspecified atom stereocenters. The Hall–Kier alpha value is -2.25. The largest absolute Gasteiger partial charge is 0.370 e. The standard InChI is InChI=1S/C24H36F2N4O.CH3F.CH4.3H2/c1-16-15-18(24(4,25)26)11-12-23(2,3)20(16)30-22(31)28-14-6-8-19-10-9-17-7-5-13-27-21(17)29-19;1-2;;;;/h9-11,16,20H,5-8,12-15H2,1-4H3,(H,27,29)(H2,28,30,31);1H3;1H4;3*1H. The third-order valence-corrected chi connectivity index (χ3v) is 6.52. The number of hydrogen-bond donors (Lipinski definition) is 3. The molecular formula is C26H49F3N4O. The van der Waals surface area contributed by atoms with Gasteiger partial charge in [0.25, 0.3) is 5.92 Å². The zero-order valence-corrected chi connectivity index (χ0v) is 20.5. The van der Waals surface area contributed by atoms with Crippen LogP contribution in [0.15, 0.2) is 23.8 Å². The molecule has 1 aliphatic carbocycles. The first-order chi connectivity index (χ1) is 15.6. The molecular weight excluding hydrogens is 441 g/mol. The molecule has 0 saturated carbocycles. The van der Waals surface area contributed by atoms with Gasteiger partial charge in [0.15, 0.2) is 0 Å². The van der Waals surface area contributed by atoms with Gasteiger partial charge in [-0.25, -0.2) is 18.6 Å². The molecule has 2 heterocycles. The first-order valence-corrected chi connectivity index (χ1v) is 11.8. The van der Waals surface area contributed by atoms with Crippen LogP contribution in [0.5, 0.6) is 0 Å². The van der Waals surface area contributed by atoms with E-state index in [0.29, 0.717) is 20.1 Å². The van der Waals surface area contributed by atoms with Gasteiger partial charge in [-0.3, -0.25) is 4.39 Å². The van der Waals surface area contributed by atoms with Crippen molar-refractivity contribution in [2.45, 2.75) is 85.6 Å². The number of pyridine rings is 1. The number of halogens is 3. The SMILES string of the molecule is C.CC1CC(C(C)(F)F)=CCC(C)(C)C1NC(=O)NCCCc1ccc2c(n1)NCCC2.CF.[HH].[HH].[HH]. The van der Waals surface area contributed by atoms with E-state index in [2.05, 4.69) is 33.1 Å². The van der Waals surface area contributed by atoms with Gasteiger partial charge in [-0.2, -0.15) is 0 Å². The number of carbonyl (C=O) groups is 1. The number of alkyl halides is 3. The number of fused-ring (bicyclic) bond motifs is 1. The van der Waals surface area contributed by atoms with Crippen LogP contribution in [0, 0.1) is 11.3 Å². The van der Waals surface area contributed by atoms with E-state index in [9.17, 15) is 18.0 Å². The number of carbonyl (C=O) groups excluding carboxylic acids is 1. The predicted molar refractivity (Wildman–Crippen MR) is 141 cm³/mol. The average molecular weight is 491 g/mol. The lowest BCUT2D eigenvalue weighted by Gasteiger charge is -2.37. The van der Waals surface area contributed by atoms with Crippen LogP contribution in [-0.4, -0.2) is 43.2 Å². The zero-order chi connectivity index (χ0) is 24.6. The second-order valence-corrected chi connectivity index (χ2v) is 9.81. The van der Waals surface area contributed by atoms with Gasteiger partial charge in [0.2, 0.25) is 0 Å². The normalized spacial score (nSPS) is 21.2. The van der Waals surface area contributed by atoms with Crippen molar-refractivity contribution in [3.05, 3.63) is 35.0 Å². The van der Waals surface area contributed by atoms with Crippen LogP contribution in [0.3, 0.4) is 0 Å². The van der Waals surface area contributed by atoms with E-state index in [1.54, 1.807) is 6.08 Å². The fourth-order valence-electron chi connectivity index (χ4n) is 4.70. The molecule has 1 aromatic heterocycles. The summed E-state index contributed by atoms with van der Waals surface area (Å²) in [5.74, 6) is -1.90. The molecule has 0 radical (unpaired) electrons. The molecule has 0 aromatic carbocycles. The summed E-state index contributed by atoms with van der Waals surface area (Å²) in [4.78, 5) is 17.2. The summed E-state index contributed by atoms with van der Waals surface area (Å²) in [5.41, 5.74) is 2.16. The Balaban J connectivity index is -0.00000188. The van der Waals surface area contributed by atoms with Gasteiger partial charge in [0.05, 0.1) is 7.18 Å². The van der Waals surface area contributed by atoms with Crippen LogP contribution in [0.2, 0.25) is 0 Å². The summed E-state index contributed by atoms with van der Waals surface area (Å²) >= 11 is 0. The highest BCUT2D eigenvalue weighted by atomic mass is 19.3. The summed E-state index contributed by atoms with van der Waals surface area (Å²) in [6.45, 7) is 8.44. The number of allylic oxidation sites excluding steroid dienone is 2. The minimum atomic E-state index is -2.82. The van der Waals surface area contributed by atoms with E-state index in [0.717, 1.165) is 50.7 Å². The highest BCUT2D eigenvalue weighted by Crippen LogP contribution is 2.40. The maximum atomic E-state index is 13.9. The van der Waals surface area contributed by atoms with E-state index in [4.69, 9.17) is 0 Å². The Morgan fingerprint density at radius 3 is 2.71 bits per heavy atom. The molecule has 3 N–H and O–H groups in total. The molecule has 1 aliphatic heterocycles. The second kappa shape index (κ2) is 13.0. The minimum absolute atomic E-state index is 0. The Kier molecular flexibility index (Phi) is 11.4. The van der Waals surface area contributed by atoms with Crippen molar-refractivity contribution in [3.63, 3.8) is 0 Å². The number of anilines is 1. The lowest BCUT2D eigenvalue weighted by Crippen LogP contribution is -2.51. The first-order valence-electron chi connectivity index (χ1n) is 11.8. The fourth-order valence-corrected chi connectivity index (χ4v) is 4.70. The van der Waals surface area contributed by atoms with Crippen molar-refractivity contribution in [1.29, 1.82) is 0 Å². The average Bonchev–Trinajstić information content (AvgIpc) is 2.89. The summed E-state index contributed by atoms with van der Waals surface area (Å²) in [6.07, 6.45) is 6.25. The molecule has 5 nitrogen and oxygen atoms in total. The molecule has 2 amide bonds. The maximum absolute atomic E-state index is 13.9. The van der Waals surface area contributed by atoms with E-state index >= 15 is 0 Å². The number of hydrogen-bond acceptors (Lipinski definition) is 3. The van der Waals surface area contributed by atoms with Gasteiger partial charge in [0, 0.05) is 36.0 Å². The Bertz CT molecular complexity index is 836. The smallest absolute Gasteiger partial charge is 0.315 e. The van der Waals surface area contributed by atoms with Crippen molar-refractivity contribution in [2.75, 3.05) is 25.6 Å². The number of aromatic nitrogens is 1. The molecule has 200 valence electrons. The van der Waals surface area contributed by atoms with E-state index < -0.39 is 5.92 Å². The molecule has 34 heavy (non-hydrogen) atoms. The van der Waals surface area contributed by atoms with Gasteiger partial charge >= 0.3 is 6.03 Å². The van der Waals surface area contributed by atoms with Crippen LogP contribution in [0.1, 0.15) is 76.3 Å². The van der Waals surface area contributed by atoms with Gasteiger partial charge in [-0.1, -0.05) is 40.3 Å². The summed E-state index contributed by atoms with van der Waals surface area (Å²) in [6, 6.07) is 3.78. The van der Waals surface area contributed by atoms with Gasteiger partial charge in [0.1, 0.15) is 5.82 Å². The van der Waals surface area contributed by atoms with Crippen molar-refractivity contribution >= 4 is 11.8 Å². The van der Waals surface area contributed by atoms with Crippen LogP contribution in [-0.2, 0) is 12.8 Å². The summed E-state index contributed by atoms with van der Waals surface area (Å²) in [7, 11) is 0.500. The summed E-state index contributed by atoms with van der Waals surface area (Å²) in [5, 5.41) is 9.32. The van der Waals surface area contributed by atoms with E-state index in [1.807, 2.05) is 20.8 Å². The quantitative estimate of drug-likeness (QED) is 0.296. The molecule has 0 saturated heterocycles. The van der Waals surface area contributed by atoms with Gasteiger partial charge in [-0.05, 0) is 67.1 Å². The number of rotatable bonds is 6. The fraction of sp³-hybridized carbons (Fsp3) is 0.692. The Morgan fingerprint density at radius 2 is 2.03 bits per heavy atom. The van der Waals surface area contributed by atoms with Crippen LogP contribution in [0.4, 0.5) is 23.8 Å². The Labute approximate surface area is 207 Å². The summed E-state index contributed by atoms with van der Waals surface area (Å²) < 4.78 is 37.2. The highest BCUT2D eigenvalue weighted by molar-refractivity contribution is 5.74. The number of nitrogens with one attached hydrogen (secondary N) is 3. The second-order valence-electron chi connectivity index (χ2n) is 9.81. The molecule has 2 aliphatic rings. The van der Waals surface area contributed by atoms with Crippen LogP contribution < -0.4 is 16.0 Å². The number of amides is 2. The number of aryl methyl sites for hydroxylation is 2. The van der Waals surface area contributed by atoms with Gasteiger partial charge < -0.3 is 16.0 Å². The van der Waals surface area contributed by atoms with E-state index in [-0.39, 0.29) is 47.1 Å². The molecule has 8 heteroatoms. The van der Waals surface area contributed by atoms with Gasteiger partial charge in [-0.15, -0.1) is 0 Å². The zero-order valence-electron chi connectivity index (χ0n) is 20.5. The van der Waals surface area contributed by atoms with Crippen molar-refractivity contribution in [3.8, 4) is 0 Å². The molecule has 1 aromatic rings. The molecule has 2 atom stereocenters. The Morgan fingerprint density at radius 1 is 1.32 bits per heavy atom. The highest BCUT2D eigenvalue weighted by Gasteiger charge is 2.40. The van der Waals surface area contributed by atoms with Crippen LogP contribution in [0.25, 0.3) is 0 Å². The molecule has 0 bridgehead atoms. The maximum Gasteiger partial charge on any atom is 0.315 e. The molecule has 0 spiro atoms. The lowest BCUT2D eigenvalue weighted by atomic mass is 9.76. The number of urea groups is 1. The van der Waals surface area contributed by atoms with Crippen molar-refractivity contribution in [1.82, 2.24) is 15.6 Å². The van der Waals surface area contributed by atoms with Crippen LogP contribution >= 0.6 is 0 Å². The third kappa shape index (κ3) is 8.20. The predicted octanol–water partition coefficient (Wildman–Crippen LogP) is 7.04. The minimum Gasteiger partial charge on any atom is -0.370 e. The third-order valence-electron chi connectivity index (χ3n) is 6.52. The van der Waals surface area contributed by atoms with Crippen molar-refractivity contribution in [2.24, 2.45) is 11.3 Å². The molecule has 3 rings (SSSR count). The topological polar surface area (TPSA) is 66.0 Å². The number of nitrogens with zero attached hydrogens (tertiary/aromatic N) is 1.